The molecule has 0 radical (unpaired) electrons. The lowest BCUT2D eigenvalue weighted by Gasteiger charge is -2.43. The monoisotopic (exact) mass is 350 g/mol. The largest absolute Gasteiger partial charge is 0.377 e. The van der Waals surface area contributed by atoms with E-state index in [1.165, 1.54) is 18.9 Å². The number of hydrogen-bond acceptors (Lipinski definition) is 4. The predicted octanol–water partition coefficient (Wildman–Crippen LogP) is 2.27. The fourth-order valence-corrected chi connectivity index (χ4v) is 3.61. The van der Waals surface area contributed by atoms with Crippen LogP contribution in [0.3, 0.4) is 0 Å². The first-order chi connectivity index (χ1) is 12.7. The predicted molar refractivity (Wildman–Crippen MR) is 101 cm³/mol. The Morgan fingerprint density at radius 1 is 1.27 bits per heavy atom. The molecule has 1 amide bonds. The first kappa shape index (κ1) is 16.6. The van der Waals surface area contributed by atoms with Crippen molar-refractivity contribution in [3.8, 4) is 11.1 Å². The van der Waals surface area contributed by atoms with Crippen LogP contribution in [0, 0.1) is 11.8 Å². The fourth-order valence-electron chi connectivity index (χ4n) is 3.61. The van der Waals surface area contributed by atoms with Gasteiger partial charge in [-0.1, -0.05) is 6.58 Å². The van der Waals surface area contributed by atoms with Crippen LogP contribution in [0.1, 0.15) is 12.8 Å². The maximum atomic E-state index is 12.3. The molecular weight excluding hydrogens is 328 g/mol. The molecule has 1 aliphatic carbocycles. The maximum Gasteiger partial charge on any atom is 0.271 e. The minimum atomic E-state index is -0.119. The van der Waals surface area contributed by atoms with Crippen molar-refractivity contribution in [2.24, 2.45) is 11.8 Å². The molecule has 6 nitrogen and oxygen atoms in total. The minimum Gasteiger partial charge on any atom is -0.377 e. The second-order valence-electron chi connectivity index (χ2n) is 7.08. The number of rotatable bonds is 6. The van der Waals surface area contributed by atoms with Crippen molar-refractivity contribution >= 4 is 11.6 Å². The van der Waals surface area contributed by atoms with Crippen LogP contribution in [0.15, 0.2) is 54.2 Å². The minimum absolute atomic E-state index is 0.0201. The SMILES string of the molecule is C=CC(=O)N1CC(C(Nc2cc(-c3ccncc3)c[nH]c2=O)C2CC2)C1. The highest BCUT2D eigenvalue weighted by Crippen LogP contribution is 2.40. The van der Waals surface area contributed by atoms with Gasteiger partial charge in [0.25, 0.3) is 5.56 Å². The second kappa shape index (κ2) is 6.78. The second-order valence-corrected chi connectivity index (χ2v) is 7.08. The normalized spacial score (nSPS) is 18.1. The number of anilines is 1. The summed E-state index contributed by atoms with van der Waals surface area (Å²) in [5.74, 6) is 0.925. The van der Waals surface area contributed by atoms with Gasteiger partial charge in [-0.3, -0.25) is 14.6 Å². The highest BCUT2D eigenvalue weighted by molar-refractivity contribution is 5.87. The summed E-state index contributed by atoms with van der Waals surface area (Å²) in [6.07, 6.45) is 8.90. The van der Waals surface area contributed by atoms with E-state index < -0.39 is 0 Å². The topological polar surface area (TPSA) is 78.1 Å². The number of amides is 1. The highest BCUT2D eigenvalue weighted by Gasteiger charge is 2.43. The van der Waals surface area contributed by atoms with Gasteiger partial charge in [-0.15, -0.1) is 0 Å². The van der Waals surface area contributed by atoms with Crippen LogP contribution in [0.2, 0.25) is 0 Å². The molecule has 6 heteroatoms. The lowest BCUT2D eigenvalue weighted by molar-refractivity contribution is -0.132. The maximum absolute atomic E-state index is 12.3. The molecule has 1 aliphatic heterocycles. The van der Waals surface area contributed by atoms with Crippen molar-refractivity contribution in [2.45, 2.75) is 18.9 Å². The molecule has 2 aromatic heterocycles. The van der Waals surface area contributed by atoms with E-state index in [1.54, 1.807) is 23.5 Å². The third kappa shape index (κ3) is 3.27. The van der Waals surface area contributed by atoms with E-state index in [2.05, 4.69) is 21.9 Å². The average molecular weight is 350 g/mol. The Hall–Kier alpha value is -2.89. The lowest BCUT2D eigenvalue weighted by atomic mass is 9.88. The zero-order valence-electron chi connectivity index (χ0n) is 14.5. The lowest BCUT2D eigenvalue weighted by Crippen LogP contribution is -2.56. The number of H-pyrrole nitrogens is 1. The van der Waals surface area contributed by atoms with E-state index in [0.29, 0.717) is 17.5 Å². The van der Waals surface area contributed by atoms with Crippen molar-refractivity contribution in [1.29, 1.82) is 0 Å². The zero-order chi connectivity index (χ0) is 18.1. The smallest absolute Gasteiger partial charge is 0.271 e. The number of nitrogens with one attached hydrogen (secondary N) is 2. The van der Waals surface area contributed by atoms with Crippen LogP contribution >= 0.6 is 0 Å². The molecule has 134 valence electrons. The Balaban J connectivity index is 1.52. The summed E-state index contributed by atoms with van der Waals surface area (Å²) in [5, 5.41) is 3.48. The molecule has 0 aromatic carbocycles. The van der Waals surface area contributed by atoms with E-state index in [-0.39, 0.29) is 17.5 Å². The quantitative estimate of drug-likeness (QED) is 0.784. The van der Waals surface area contributed by atoms with Crippen molar-refractivity contribution in [3.63, 3.8) is 0 Å². The number of aromatic nitrogens is 2. The molecular formula is C20H22N4O2. The molecule has 26 heavy (non-hydrogen) atoms. The number of pyridine rings is 2. The van der Waals surface area contributed by atoms with Crippen LogP contribution < -0.4 is 10.9 Å². The van der Waals surface area contributed by atoms with E-state index >= 15 is 0 Å². The van der Waals surface area contributed by atoms with Crippen molar-refractivity contribution in [2.75, 3.05) is 18.4 Å². The molecule has 1 saturated carbocycles. The van der Waals surface area contributed by atoms with Gasteiger partial charge in [0, 0.05) is 49.2 Å². The van der Waals surface area contributed by atoms with Crippen LogP contribution in [-0.4, -0.2) is 39.9 Å². The number of aromatic amines is 1. The van der Waals surface area contributed by atoms with E-state index in [0.717, 1.165) is 24.2 Å². The Labute approximate surface area is 152 Å². The van der Waals surface area contributed by atoms with Crippen molar-refractivity contribution < 1.29 is 4.79 Å². The summed E-state index contributed by atoms with van der Waals surface area (Å²) in [7, 11) is 0. The number of hydrogen-bond donors (Lipinski definition) is 2. The van der Waals surface area contributed by atoms with Gasteiger partial charge in [0.05, 0.1) is 0 Å². The van der Waals surface area contributed by atoms with Crippen LogP contribution in [0.25, 0.3) is 11.1 Å². The highest BCUT2D eigenvalue weighted by atomic mass is 16.2. The van der Waals surface area contributed by atoms with Crippen molar-refractivity contribution in [1.82, 2.24) is 14.9 Å². The summed E-state index contributed by atoms with van der Waals surface area (Å²) in [5.41, 5.74) is 2.42. The van der Waals surface area contributed by atoms with E-state index in [9.17, 15) is 9.59 Å². The molecule has 4 rings (SSSR count). The Morgan fingerprint density at radius 3 is 2.65 bits per heavy atom. The van der Waals surface area contributed by atoms with E-state index in [4.69, 9.17) is 0 Å². The molecule has 2 aromatic rings. The summed E-state index contributed by atoms with van der Waals surface area (Å²) in [4.78, 5) is 32.7. The third-order valence-corrected chi connectivity index (χ3v) is 5.27. The molecule has 3 heterocycles. The summed E-state index contributed by atoms with van der Waals surface area (Å²) in [6.45, 7) is 4.99. The molecule has 1 unspecified atom stereocenters. The van der Waals surface area contributed by atoms with Crippen LogP contribution in [0.5, 0.6) is 0 Å². The van der Waals surface area contributed by atoms with Gasteiger partial charge in [-0.2, -0.15) is 0 Å². The summed E-state index contributed by atoms with van der Waals surface area (Å²) >= 11 is 0. The Morgan fingerprint density at radius 2 is 2.00 bits per heavy atom. The molecule has 0 spiro atoms. The number of nitrogens with zero attached hydrogens (tertiary/aromatic N) is 2. The van der Waals surface area contributed by atoms with Gasteiger partial charge in [-0.05, 0) is 48.6 Å². The first-order valence-electron chi connectivity index (χ1n) is 8.96. The summed E-state index contributed by atoms with van der Waals surface area (Å²) < 4.78 is 0. The fraction of sp³-hybridized carbons (Fsp3) is 0.350. The average Bonchev–Trinajstić information content (AvgIpc) is 3.46. The van der Waals surface area contributed by atoms with Gasteiger partial charge in [0.1, 0.15) is 5.69 Å². The third-order valence-electron chi connectivity index (χ3n) is 5.27. The Kier molecular flexibility index (Phi) is 4.32. The van der Waals surface area contributed by atoms with Gasteiger partial charge in [-0.25, -0.2) is 0 Å². The zero-order valence-corrected chi connectivity index (χ0v) is 14.5. The molecule has 2 fully saturated rings. The van der Waals surface area contributed by atoms with Gasteiger partial charge in [0.15, 0.2) is 0 Å². The van der Waals surface area contributed by atoms with Gasteiger partial charge >= 0.3 is 0 Å². The molecule has 2 aliphatic rings. The number of carbonyl (C=O) groups is 1. The first-order valence-corrected chi connectivity index (χ1v) is 8.96. The van der Waals surface area contributed by atoms with Crippen molar-refractivity contribution in [3.05, 3.63) is 59.8 Å². The molecule has 1 saturated heterocycles. The number of carbonyl (C=O) groups excluding carboxylic acids is 1. The molecule has 1 atom stereocenters. The van der Waals surface area contributed by atoms with Crippen LogP contribution in [0.4, 0.5) is 5.69 Å². The Bertz CT molecular complexity index is 867. The van der Waals surface area contributed by atoms with Gasteiger partial charge < -0.3 is 15.2 Å². The number of likely N-dealkylation sites (tertiary alicyclic amines) is 1. The summed E-state index contributed by atoms with van der Waals surface area (Å²) in [6, 6.07) is 5.95. The van der Waals surface area contributed by atoms with Gasteiger partial charge in [0.2, 0.25) is 5.91 Å². The standard InChI is InChI=1S/C20H22N4O2/c1-2-18(25)24-11-16(12-24)19(14-3-4-14)23-17-9-15(10-22-20(17)26)13-5-7-21-8-6-13/h2,5-10,14,16,19,23H,1,3-4,11-12H2,(H,22,26). The van der Waals surface area contributed by atoms with Crippen LogP contribution in [-0.2, 0) is 4.79 Å². The molecule has 0 bridgehead atoms. The van der Waals surface area contributed by atoms with E-state index in [1.807, 2.05) is 18.2 Å². The molecule has 2 N–H and O–H groups in total.